The number of hydrogen-bond donors (Lipinski definition) is 1. The highest BCUT2D eigenvalue weighted by atomic mass is 79.9. The summed E-state index contributed by atoms with van der Waals surface area (Å²) in [5.74, 6) is -1.12. The Balaban J connectivity index is 1.82. The van der Waals surface area contributed by atoms with Gasteiger partial charge in [0.25, 0.3) is 0 Å². The molecule has 1 fully saturated rings. The minimum atomic E-state index is -4.04. The maximum Gasteiger partial charge on any atom is 0.391 e. The van der Waals surface area contributed by atoms with Crippen LogP contribution < -0.4 is 5.32 Å². The van der Waals surface area contributed by atoms with Gasteiger partial charge in [-0.3, -0.25) is 0 Å². The first kappa shape index (κ1) is 16.1. The minimum Gasteiger partial charge on any atom is -0.310 e. The highest BCUT2D eigenvalue weighted by Gasteiger charge is 2.41. The van der Waals surface area contributed by atoms with Crippen molar-refractivity contribution in [2.45, 2.75) is 44.4 Å². The summed E-state index contributed by atoms with van der Waals surface area (Å²) < 4.78 is 38.6. The predicted molar refractivity (Wildman–Crippen MR) is 77.8 cm³/mol. The zero-order valence-corrected chi connectivity index (χ0v) is 13.2. The molecule has 6 heteroatoms. The summed E-state index contributed by atoms with van der Waals surface area (Å²) in [5.41, 5.74) is 1.06. The van der Waals surface area contributed by atoms with E-state index in [1.165, 1.54) is 0 Å². The Morgan fingerprint density at radius 3 is 2.40 bits per heavy atom. The largest absolute Gasteiger partial charge is 0.391 e. The van der Waals surface area contributed by atoms with Crippen LogP contribution in [0.5, 0.6) is 0 Å². The molecule has 1 aliphatic carbocycles. The third-order valence-corrected chi connectivity index (χ3v) is 4.76. The monoisotopic (exact) mass is 369 g/mol. The quantitative estimate of drug-likeness (QED) is 0.760. The maximum absolute atomic E-state index is 12.6. The highest BCUT2D eigenvalue weighted by molar-refractivity contribution is 9.10. The van der Waals surface area contributed by atoms with Gasteiger partial charge in [-0.25, -0.2) is 0 Å². The van der Waals surface area contributed by atoms with Gasteiger partial charge in [0.05, 0.1) is 5.92 Å². The van der Waals surface area contributed by atoms with Crippen LogP contribution in [0.3, 0.4) is 0 Å². The van der Waals surface area contributed by atoms with E-state index in [-0.39, 0.29) is 18.9 Å². The van der Waals surface area contributed by atoms with Gasteiger partial charge in [-0.2, -0.15) is 13.2 Å². The lowest BCUT2D eigenvalue weighted by molar-refractivity contribution is -0.182. The predicted octanol–water partition coefficient (Wildman–Crippen LogP) is 5.31. The van der Waals surface area contributed by atoms with E-state index in [2.05, 4.69) is 21.2 Å². The number of halogens is 5. The fraction of sp³-hybridized carbons (Fsp3) is 0.571. The van der Waals surface area contributed by atoms with Crippen LogP contribution in [0.1, 0.15) is 31.2 Å². The number of nitrogens with one attached hydrogen (secondary N) is 1. The van der Waals surface area contributed by atoms with Gasteiger partial charge in [-0.05, 0) is 43.4 Å². The second-order valence-electron chi connectivity index (χ2n) is 5.21. The SMILES string of the molecule is FC(F)(F)C1CCC(NCc2ccc(Cl)cc2Br)CC1. The molecule has 0 amide bonds. The number of hydrogen-bond acceptors (Lipinski definition) is 1. The van der Waals surface area contributed by atoms with Crippen molar-refractivity contribution in [1.29, 1.82) is 0 Å². The Morgan fingerprint density at radius 1 is 1.20 bits per heavy atom. The van der Waals surface area contributed by atoms with E-state index in [0.29, 0.717) is 24.4 Å². The highest BCUT2D eigenvalue weighted by Crippen LogP contribution is 2.37. The van der Waals surface area contributed by atoms with Crippen molar-refractivity contribution in [3.8, 4) is 0 Å². The van der Waals surface area contributed by atoms with Crippen LogP contribution in [0, 0.1) is 5.92 Å². The molecular formula is C14H16BrClF3N. The van der Waals surface area contributed by atoms with Crippen molar-refractivity contribution in [3.63, 3.8) is 0 Å². The fourth-order valence-electron chi connectivity index (χ4n) is 2.54. The molecule has 0 bridgehead atoms. The molecule has 0 aromatic heterocycles. The minimum absolute atomic E-state index is 0.163. The van der Waals surface area contributed by atoms with E-state index in [1.807, 2.05) is 18.2 Å². The van der Waals surface area contributed by atoms with Crippen molar-refractivity contribution in [2.75, 3.05) is 0 Å². The number of alkyl halides is 3. The van der Waals surface area contributed by atoms with E-state index in [0.717, 1.165) is 10.0 Å². The summed E-state index contributed by atoms with van der Waals surface area (Å²) in [7, 11) is 0. The first-order valence-electron chi connectivity index (χ1n) is 6.60. The molecule has 1 saturated carbocycles. The lowest BCUT2D eigenvalue weighted by atomic mass is 9.85. The fourth-order valence-corrected chi connectivity index (χ4v) is 3.37. The summed E-state index contributed by atoms with van der Waals surface area (Å²) in [6.45, 7) is 0.638. The molecule has 0 aliphatic heterocycles. The van der Waals surface area contributed by atoms with Crippen LogP contribution in [0.4, 0.5) is 13.2 Å². The summed E-state index contributed by atoms with van der Waals surface area (Å²) in [6.07, 6.45) is -2.43. The van der Waals surface area contributed by atoms with Crippen molar-refractivity contribution in [3.05, 3.63) is 33.3 Å². The Bertz CT molecular complexity index is 456. The Kier molecular flexibility index (Phi) is 5.37. The molecule has 0 saturated heterocycles. The maximum atomic E-state index is 12.6. The third kappa shape index (κ3) is 4.37. The number of rotatable bonds is 3. The molecule has 0 unspecified atom stereocenters. The van der Waals surface area contributed by atoms with Crippen LogP contribution in [0.2, 0.25) is 5.02 Å². The zero-order chi connectivity index (χ0) is 14.8. The zero-order valence-electron chi connectivity index (χ0n) is 10.8. The molecule has 2 rings (SSSR count). The van der Waals surface area contributed by atoms with Gasteiger partial charge in [0.2, 0.25) is 0 Å². The first-order chi connectivity index (χ1) is 9.36. The van der Waals surface area contributed by atoms with Gasteiger partial charge in [0, 0.05) is 22.1 Å². The van der Waals surface area contributed by atoms with Crippen molar-refractivity contribution in [2.24, 2.45) is 5.92 Å². The van der Waals surface area contributed by atoms with Crippen LogP contribution in [-0.4, -0.2) is 12.2 Å². The first-order valence-corrected chi connectivity index (χ1v) is 7.77. The molecule has 1 N–H and O–H groups in total. The molecule has 1 aliphatic rings. The molecule has 0 radical (unpaired) electrons. The van der Waals surface area contributed by atoms with E-state index < -0.39 is 12.1 Å². The molecule has 112 valence electrons. The normalized spacial score (nSPS) is 23.9. The average molecular weight is 371 g/mol. The third-order valence-electron chi connectivity index (χ3n) is 3.79. The van der Waals surface area contributed by atoms with Gasteiger partial charge < -0.3 is 5.32 Å². The van der Waals surface area contributed by atoms with Crippen molar-refractivity contribution >= 4 is 27.5 Å². The van der Waals surface area contributed by atoms with E-state index in [1.54, 1.807) is 0 Å². The molecule has 1 aromatic rings. The van der Waals surface area contributed by atoms with Crippen LogP contribution in [0.15, 0.2) is 22.7 Å². The molecule has 20 heavy (non-hydrogen) atoms. The van der Waals surface area contributed by atoms with Crippen molar-refractivity contribution < 1.29 is 13.2 Å². The van der Waals surface area contributed by atoms with E-state index in [9.17, 15) is 13.2 Å². The van der Waals surface area contributed by atoms with Crippen LogP contribution in [-0.2, 0) is 6.54 Å². The molecular weight excluding hydrogens is 355 g/mol. The lowest BCUT2D eigenvalue weighted by Crippen LogP contribution is -2.36. The van der Waals surface area contributed by atoms with Crippen LogP contribution >= 0.6 is 27.5 Å². The Hall–Kier alpha value is -0.260. The van der Waals surface area contributed by atoms with Crippen molar-refractivity contribution in [1.82, 2.24) is 5.32 Å². The summed E-state index contributed by atoms with van der Waals surface area (Å²) in [5, 5.41) is 3.99. The van der Waals surface area contributed by atoms with Crippen LogP contribution in [0.25, 0.3) is 0 Å². The molecule has 0 atom stereocenters. The second kappa shape index (κ2) is 6.67. The molecule has 0 heterocycles. The van der Waals surface area contributed by atoms with E-state index in [4.69, 9.17) is 11.6 Å². The standard InChI is InChI=1S/C14H16BrClF3N/c15-13-7-11(16)4-1-9(13)8-20-12-5-2-10(3-6-12)14(17,18)19/h1,4,7,10,12,20H,2-3,5-6,8H2. The van der Waals surface area contributed by atoms with E-state index >= 15 is 0 Å². The summed E-state index contributed by atoms with van der Waals surface area (Å²) in [6, 6.07) is 5.71. The topological polar surface area (TPSA) is 12.0 Å². The van der Waals surface area contributed by atoms with Gasteiger partial charge >= 0.3 is 6.18 Å². The van der Waals surface area contributed by atoms with Gasteiger partial charge in [0.1, 0.15) is 0 Å². The van der Waals surface area contributed by atoms with Gasteiger partial charge in [-0.1, -0.05) is 33.6 Å². The van der Waals surface area contributed by atoms with Gasteiger partial charge in [-0.15, -0.1) is 0 Å². The number of benzene rings is 1. The molecule has 1 nitrogen and oxygen atoms in total. The molecule has 0 spiro atoms. The second-order valence-corrected chi connectivity index (χ2v) is 6.50. The summed E-state index contributed by atoms with van der Waals surface area (Å²) >= 11 is 9.30. The molecule has 1 aromatic carbocycles. The smallest absolute Gasteiger partial charge is 0.310 e. The van der Waals surface area contributed by atoms with Gasteiger partial charge in [0.15, 0.2) is 0 Å². The average Bonchev–Trinajstić information content (AvgIpc) is 2.37. The lowest BCUT2D eigenvalue weighted by Gasteiger charge is -2.30. The Morgan fingerprint density at radius 2 is 1.85 bits per heavy atom. The summed E-state index contributed by atoms with van der Waals surface area (Å²) in [4.78, 5) is 0. The Labute approximate surface area is 130 Å².